The number of benzene rings is 3. The zero-order chi connectivity index (χ0) is 22.3. The van der Waals surface area contributed by atoms with Gasteiger partial charge in [-0.15, -0.1) is 0 Å². The number of urea groups is 1. The standard InChI is InChI=1S/C25H20N2O5/c1-25(19-11-12-21-22(13-19)32-15-31-21)23(29)27(24(30)26-25)14-20(28)18-9-7-17(8-10-18)16-5-3-2-4-6-16/h2-13H,14-15H2,1H3,(H,26,30). The molecule has 1 N–H and O–H groups in total. The van der Waals surface area contributed by atoms with Crippen molar-refractivity contribution < 1.29 is 23.9 Å². The van der Waals surface area contributed by atoms with Crippen molar-refractivity contribution in [3.63, 3.8) is 0 Å². The Morgan fingerprint density at radius 2 is 1.62 bits per heavy atom. The number of rotatable bonds is 5. The van der Waals surface area contributed by atoms with Crippen molar-refractivity contribution in [1.29, 1.82) is 0 Å². The quantitative estimate of drug-likeness (QED) is 0.494. The van der Waals surface area contributed by atoms with Gasteiger partial charge >= 0.3 is 6.03 Å². The molecule has 3 aromatic rings. The van der Waals surface area contributed by atoms with Gasteiger partial charge in [0.25, 0.3) is 5.91 Å². The van der Waals surface area contributed by atoms with Crippen molar-refractivity contribution in [3.8, 4) is 22.6 Å². The molecule has 160 valence electrons. The van der Waals surface area contributed by atoms with Crippen LogP contribution in [0.25, 0.3) is 11.1 Å². The highest BCUT2D eigenvalue weighted by atomic mass is 16.7. The number of hydrogen-bond acceptors (Lipinski definition) is 5. The summed E-state index contributed by atoms with van der Waals surface area (Å²) >= 11 is 0. The van der Waals surface area contributed by atoms with Gasteiger partial charge in [0.2, 0.25) is 6.79 Å². The topological polar surface area (TPSA) is 84.9 Å². The van der Waals surface area contributed by atoms with Crippen LogP contribution in [0.1, 0.15) is 22.8 Å². The Kier molecular flexibility index (Phi) is 4.66. The summed E-state index contributed by atoms with van der Waals surface area (Å²) in [6.07, 6.45) is 0. The van der Waals surface area contributed by atoms with Gasteiger partial charge in [-0.1, -0.05) is 60.7 Å². The first-order valence-electron chi connectivity index (χ1n) is 10.2. The molecular formula is C25H20N2O5. The maximum absolute atomic E-state index is 13.2. The van der Waals surface area contributed by atoms with Crippen LogP contribution in [0.3, 0.4) is 0 Å². The zero-order valence-electron chi connectivity index (χ0n) is 17.3. The van der Waals surface area contributed by atoms with Gasteiger partial charge in [0.05, 0.1) is 6.54 Å². The first kappa shape index (κ1) is 19.8. The van der Waals surface area contributed by atoms with Crippen LogP contribution in [0.5, 0.6) is 11.5 Å². The van der Waals surface area contributed by atoms with E-state index in [9.17, 15) is 14.4 Å². The highest BCUT2D eigenvalue weighted by Crippen LogP contribution is 2.37. The SMILES string of the molecule is CC1(c2ccc3c(c2)OCO3)NC(=O)N(CC(=O)c2ccc(-c3ccccc3)cc2)C1=O. The van der Waals surface area contributed by atoms with E-state index in [1.807, 2.05) is 42.5 Å². The molecule has 1 saturated heterocycles. The summed E-state index contributed by atoms with van der Waals surface area (Å²) in [6.45, 7) is 1.39. The van der Waals surface area contributed by atoms with E-state index in [-0.39, 0.29) is 19.1 Å². The molecule has 2 heterocycles. The number of ketones is 1. The van der Waals surface area contributed by atoms with Crippen molar-refractivity contribution in [2.75, 3.05) is 13.3 Å². The number of nitrogens with one attached hydrogen (secondary N) is 1. The highest BCUT2D eigenvalue weighted by molar-refractivity contribution is 6.11. The molecule has 2 aliphatic rings. The smallest absolute Gasteiger partial charge is 0.325 e. The molecule has 0 saturated carbocycles. The lowest BCUT2D eigenvalue weighted by atomic mass is 9.91. The third-order valence-electron chi connectivity index (χ3n) is 5.84. The van der Waals surface area contributed by atoms with E-state index in [1.165, 1.54) is 0 Å². The molecule has 3 amide bonds. The first-order chi connectivity index (χ1) is 15.5. The largest absolute Gasteiger partial charge is 0.454 e. The van der Waals surface area contributed by atoms with Crippen molar-refractivity contribution in [2.24, 2.45) is 0 Å². The van der Waals surface area contributed by atoms with Gasteiger partial charge in [-0.05, 0) is 35.7 Å². The second-order valence-corrected chi connectivity index (χ2v) is 7.88. The fourth-order valence-electron chi connectivity index (χ4n) is 3.96. The van der Waals surface area contributed by atoms with E-state index >= 15 is 0 Å². The number of imide groups is 1. The molecule has 0 aliphatic carbocycles. The Balaban J connectivity index is 1.34. The van der Waals surface area contributed by atoms with Crippen LogP contribution in [0, 0.1) is 0 Å². The predicted octanol–water partition coefficient (Wildman–Crippen LogP) is 3.73. The number of carbonyl (C=O) groups is 3. The minimum Gasteiger partial charge on any atom is -0.454 e. The van der Waals surface area contributed by atoms with Gasteiger partial charge in [0.1, 0.15) is 5.54 Å². The number of Topliss-reactive ketones (excluding diaryl/α,β-unsaturated/α-hetero) is 1. The van der Waals surface area contributed by atoms with E-state index in [0.717, 1.165) is 16.0 Å². The number of fused-ring (bicyclic) bond motifs is 1. The van der Waals surface area contributed by atoms with E-state index in [4.69, 9.17) is 9.47 Å². The van der Waals surface area contributed by atoms with E-state index in [1.54, 1.807) is 37.3 Å². The third kappa shape index (κ3) is 3.28. The monoisotopic (exact) mass is 428 g/mol. The lowest BCUT2D eigenvalue weighted by molar-refractivity contribution is -0.130. The summed E-state index contributed by atoms with van der Waals surface area (Å²) in [5, 5.41) is 2.71. The number of nitrogens with zero attached hydrogens (tertiary/aromatic N) is 1. The molecule has 7 nitrogen and oxygen atoms in total. The Morgan fingerprint density at radius 3 is 2.38 bits per heavy atom. The maximum Gasteiger partial charge on any atom is 0.325 e. The Hall–Kier alpha value is -4.13. The second kappa shape index (κ2) is 7.53. The summed E-state index contributed by atoms with van der Waals surface area (Å²) in [4.78, 5) is 39.5. The van der Waals surface area contributed by atoms with Crippen LogP contribution >= 0.6 is 0 Å². The van der Waals surface area contributed by atoms with Gasteiger partial charge in [0, 0.05) is 5.56 Å². The molecule has 3 aromatic carbocycles. The van der Waals surface area contributed by atoms with Gasteiger partial charge < -0.3 is 14.8 Å². The van der Waals surface area contributed by atoms with Crippen molar-refractivity contribution in [2.45, 2.75) is 12.5 Å². The molecule has 1 unspecified atom stereocenters. The fourth-order valence-corrected chi connectivity index (χ4v) is 3.96. The van der Waals surface area contributed by atoms with E-state index < -0.39 is 17.5 Å². The minimum atomic E-state index is -1.30. The Labute approximate surface area is 184 Å². The number of carbonyl (C=O) groups excluding carboxylic acids is 3. The summed E-state index contributed by atoms with van der Waals surface area (Å²) in [6, 6.07) is 21.4. The number of amides is 3. The van der Waals surface area contributed by atoms with Crippen LogP contribution in [-0.4, -0.2) is 36.0 Å². The van der Waals surface area contributed by atoms with Gasteiger partial charge in [0.15, 0.2) is 17.3 Å². The maximum atomic E-state index is 13.2. The molecule has 5 rings (SSSR count). The predicted molar refractivity (Wildman–Crippen MR) is 116 cm³/mol. The highest BCUT2D eigenvalue weighted by Gasteiger charge is 2.49. The van der Waals surface area contributed by atoms with Gasteiger partial charge in [-0.2, -0.15) is 0 Å². The summed E-state index contributed by atoms with van der Waals surface area (Å²) in [7, 11) is 0. The molecule has 0 bridgehead atoms. The van der Waals surface area contributed by atoms with Crippen molar-refractivity contribution in [3.05, 3.63) is 83.9 Å². The van der Waals surface area contributed by atoms with E-state index in [0.29, 0.717) is 22.6 Å². The van der Waals surface area contributed by atoms with Crippen LogP contribution in [0.4, 0.5) is 4.79 Å². The lowest BCUT2D eigenvalue weighted by Crippen LogP contribution is -2.41. The fraction of sp³-hybridized carbons (Fsp3) is 0.160. The molecule has 0 aromatic heterocycles. The van der Waals surface area contributed by atoms with E-state index in [2.05, 4.69) is 5.32 Å². The molecule has 32 heavy (non-hydrogen) atoms. The molecule has 2 aliphatic heterocycles. The molecule has 1 fully saturated rings. The zero-order valence-corrected chi connectivity index (χ0v) is 17.3. The third-order valence-corrected chi connectivity index (χ3v) is 5.84. The number of ether oxygens (including phenoxy) is 2. The van der Waals surface area contributed by atoms with Gasteiger partial charge in [-0.25, -0.2) is 4.79 Å². The summed E-state index contributed by atoms with van der Waals surface area (Å²) < 4.78 is 10.7. The van der Waals surface area contributed by atoms with Crippen LogP contribution in [0.2, 0.25) is 0 Å². The molecule has 1 atom stereocenters. The first-order valence-corrected chi connectivity index (χ1v) is 10.2. The van der Waals surface area contributed by atoms with Crippen LogP contribution in [-0.2, 0) is 10.3 Å². The second-order valence-electron chi connectivity index (χ2n) is 7.88. The molecule has 0 spiro atoms. The minimum absolute atomic E-state index is 0.111. The molecule has 7 heteroatoms. The van der Waals surface area contributed by atoms with Crippen LogP contribution < -0.4 is 14.8 Å². The molecular weight excluding hydrogens is 408 g/mol. The van der Waals surface area contributed by atoms with Crippen molar-refractivity contribution in [1.82, 2.24) is 10.2 Å². The van der Waals surface area contributed by atoms with Gasteiger partial charge in [-0.3, -0.25) is 14.5 Å². The average molecular weight is 428 g/mol. The van der Waals surface area contributed by atoms with Crippen molar-refractivity contribution >= 4 is 17.7 Å². The normalized spacial score (nSPS) is 19.2. The molecule has 0 radical (unpaired) electrons. The average Bonchev–Trinajstić information content (AvgIpc) is 3.38. The Morgan fingerprint density at radius 1 is 0.938 bits per heavy atom. The van der Waals surface area contributed by atoms with Crippen LogP contribution in [0.15, 0.2) is 72.8 Å². The summed E-state index contributed by atoms with van der Waals surface area (Å²) in [5.41, 5.74) is 1.71. The summed E-state index contributed by atoms with van der Waals surface area (Å²) in [5.74, 6) is 0.289. The Bertz CT molecular complexity index is 1220. The number of hydrogen-bond donors (Lipinski definition) is 1. The lowest BCUT2D eigenvalue weighted by Gasteiger charge is -2.22.